The average molecular weight is 313 g/mol. The Balaban J connectivity index is 1.70. The van der Waals surface area contributed by atoms with Crippen LogP contribution in [-0.2, 0) is 6.42 Å². The fourth-order valence-electron chi connectivity index (χ4n) is 3.09. The third kappa shape index (κ3) is 2.34. The molecule has 0 bridgehead atoms. The first-order valence-electron chi connectivity index (χ1n) is 7.57. The van der Waals surface area contributed by atoms with Crippen molar-refractivity contribution < 1.29 is 9.53 Å². The lowest BCUT2D eigenvalue weighted by Crippen LogP contribution is -2.29. The van der Waals surface area contributed by atoms with E-state index in [1.165, 1.54) is 0 Å². The number of hydrogen-bond acceptors (Lipinski definition) is 4. The lowest BCUT2D eigenvalue weighted by molar-refractivity contribution is 0.0792. The lowest BCUT2D eigenvalue weighted by atomic mass is 10.0. The normalized spacial score (nSPS) is 15.7. The van der Waals surface area contributed by atoms with Gasteiger partial charge in [-0.2, -0.15) is 0 Å². The van der Waals surface area contributed by atoms with Gasteiger partial charge in [-0.1, -0.05) is 0 Å². The quantitative estimate of drug-likeness (QED) is 0.700. The first-order chi connectivity index (χ1) is 11.1. The van der Waals surface area contributed by atoms with E-state index in [0.29, 0.717) is 23.3 Å². The highest BCUT2D eigenvalue weighted by Gasteiger charge is 2.24. The Kier molecular flexibility index (Phi) is 3.07. The zero-order valence-corrected chi connectivity index (χ0v) is 12.3. The number of hydrogen-bond donors (Lipinski definition) is 2. The molecule has 2 aliphatic rings. The van der Waals surface area contributed by atoms with Gasteiger partial charge in [-0.05, 0) is 31.0 Å². The Bertz CT molecular complexity index is 906. The maximum atomic E-state index is 12.5. The molecule has 2 aliphatic heterocycles. The number of H-pyrrole nitrogens is 2. The fourth-order valence-corrected chi connectivity index (χ4v) is 3.09. The number of fused-ring (bicyclic) bond motifs is 2. The number of carbonyl (C=O) groups is 1. The number of likely N-dealkylation sites (tertiary alicyclic amines) is 1. The molecule has 4 rings (SSSR count). The van der Waals surface area contributed by atoms with Crippen LogP contribution in [0.15, 0.2) is 27.8 Å². The van der Waals surface area contributed by atoms with E-state index >= 15 is 0 Å². The Morgan fingerprint density at radius 2 is 1.91 bits per heavy atom. The molecular weight excluding hydrogens is 298 g/mol. The van der Waals surface area contributed by atoms with E-state index in [1.54, 1.807) is 18.2 Å². The van der Waals surface area contributed by atoms with Gasteiger partial charge in [0.05, 0.1) is 5.56 Å². The SMILES string of the molecule is O=C(c1ccc2c(c1)Cc1c([nH]c(=O)[nH]c1=O)O2)N1CCCC1. The molecule has 1 aromatic heterocycles. The maximum Gasteiger partial charge on any atom is 0.328 e. The van der Waals surface area contributed by atoms with Crippen molar-refractivity contribution >= 4 is 5.91 Å². The Morgan fingerprint density at radius 3 is 2.70 bits per heavy atom. The number of benzene rings is 1. The summed E-state index contributed by atoms with van der Waals surface area (Å²) >= 11 is 0. The van der Waals surface area contributed by atoms with Crippen molar-refractivity contribution in [3.05, 3.63) is 55.7 Å². The summed E-state index contributed by atoms with van der Waals surface area (Å²) in [7, 11) is 0. The van der Waals surface area contributed by atoms with Gasteiger partial charge in [-0.25, -0.2) is 4.79 Å². The third-order valence-corrected chi connectivity index (χ3v) is 4.28. The van der Waals surface area contributed by atoms with Gasteiger partial charge >= 0.3 is 5.69 Å². The molecule has 0 aliphatic carbocycles. The Hall–Kier alpha value is -2.83. The molecule has 0 unspecified atom stereocenters. The molecule has 1 aromatic carbocycles. The van der Waals surface area contributed by atoms with Gasteiger partial charge in [0.1, 0.15) is 5.75 Å². The number of nitrogens with one attached hydrogen (secondary N) is 2. The van der Waals surface area contributed by atoms with Crippen molar-refractivity contribution in [2.45, 2.75) is 19.3 Å². The minimum Gasteiger partial charge on any atom is -0.440 e. The number of nitrogens with zero attached hydrogens (tertiary/aromatic N) is 1. The number of amides is 1. The number of rotatable bonds is 1. The van der Waals surface area contributed by atoms with Gasteiger partial charge in [0.2, 0.25) is 5.88 Å². The van der Waals surface area contributed by atoms with E-state index in [-0.39, 0.29) is 11.8 Å². The first kappa shape index (κ1) is 13.8. The molecule has 1 amide bonds. The molecule has 0 spiro atoms. The molecule has 7 heteroatoms. The highest BCUT2D eigenvalue weighted by Crippen LogP contribution is 2.33. The minimum atomic E-state index is -0.599. The van der Waals surface area contributed by atoms with E-state index in [4.69, 9.17) is 4.74 Å². The number of aromatic nitrogens is 2. The maximum absolute atomic E-state index is 12.5. The van der Waals surface area contributed by atoms with Crippen molar-refractivity contribution in [3.8, 4) is 11.6 Å². The molecule has 23 heavy (non-hydrogen) atoms. The second kappa shape index (κ2) is 5.12. The lowest BCUT2D eigenvalue weighted by Gasteiger charge is -2.20. The van der Waals surface area contributed by atoms with E-state index in [9.17, 15) is 14.4 Å². The molecule has 0 saturated carbocycles. The predicted octanol–water partition coefficient (Wildman–Crippen LogP) is 0.996. The molecule has 0 radical (unpaired) electrons. The summed E-state index contributed by atoms with van der Waals surface area (Å²) in [5.74, 6) is 0.730. The van der Waals surface area contributed by atoms with Gasteiger partial charge in [-0.15, -0.1) is 0 Å². The van der Waals surface area contributed by atoms with Crippen LogP contribution >= 0.6 is 0 Å². The van der Waals surface area contributed by atoms with E-state index in [0.717, 1.165) is 31.5 Å². The summed E-state index contributed by atoms with van der Waals surface area (Å²) < 4.78 is 5.60. The van der Waals surface area contributed by atoms with Crippen molar-refractivity contribution in [2.75, 3.05) is 13.1 Å². The van der Waals surface area contributed by atoms with Crippen LogP contribution in [0.2, 0.25) is 0 Å². The second-order valence-electron chi connectivity index (χ2n) is 5.82. The van der Waals surface area contributed by atoms with Crippen LogP contribution in [-0.4, -0.2) is 33.9 Å². The highest BCUT2D eigenvalue weighted by molar-refractivity contribution is 5.94. The summed E-state index contributed by atoms with van der Waals surface area (Å²) in [6.07, 6.45) is 2.39. The standard InChI is InChI=1S/C16H15N3O4/c20-13-11-8-10-7-9(15(21)19-5-1-2-6-19)3-4-12(10)23-14(11)18-16(22)17-13/h3-4,7H,1-2,5-6,8H2,(H2,17,18,20,22). The van der Waals surface area contributed by atoms with Crippen molar-refractivity contribution in [3.63, 3.8) is 0 Å². The molecule has 0 atom stereocenters. The zero-order chi connectivity index (χ0) is 16.0. The van der Waals surface area contributed by atoms with E-state index < -0.39 is 11.2 Å². The average Bonchev–Trinajstić information content (AvgIpc) is 3.06. The van der Waals surface area contributed by atoms with Gasteiger partial charge in [-0.3, -0.25) is 19.6 Å². The number of ether oxygens (including phenoxy) is 1. The molecule has 1 fully saturated rings. The van der Waals surface area contributed by atoms with E-state index in [2.05, 4.69) is 9.97 Å². The van der Waals surface area contributed by atoms with Gasteiger partial charge in [0.15, 0.2) is 0 Å². The summed E-state index contributed by atoms with van der Waals surface area (Å²) in [5, 5.41) is 0. The van der Waals surface area contributed by atoms with Crippen molar-refractivity contribution in [2.24, 2.45) is 0 Å². The topological polar surface area (TPSA) is 95.3 Å². The third-order valence-electron chi connectivity index (χ3n) is 4.28. The molecular formula is C16H15N3O4. The number of aromatic amines is 2. The summed E-state index contributed by atoms with van der Waals surface area (Å²) in [6.45, 7) is 1.58. The monoisotopic (exact) mass is 313 g/mol. The van der Waals surface area contributed by atoms with Crippen LogP contribution in [0.3, 0.4) is 0 Å². The zero-order valence-electron chi connectivity index (χ0n) is 12.3. The summed E-state index contributed by atoms with van der Waals surface area (Å²) in [5.41, 5.74) is 0.658. The highest BCUT2D eigenvalue weighted by atomic mass is 16.5. The molecule has 2 N–H and O–H groups in total. The molecule has 3 heterocycles. The summed E-state index contributed by atoms with van der Waals surface area (Å²) in [6, 6.07) is 5.19. The molecule has 7 nitrogen and oxygen atoms in total. The smallest absolute Gasteiger partial charge is 0.328 e. The van der Waals surface area contributed by atoms with Crippen molar-refractivity contribution in [1.82, 2.24) is 14.9 Å². The first-order valence-corrected chi connectivity index (χ1v) is 7.57. The van der Waals surface area contributed by atoms with Crippen LogP contribution in [0.5, 0.6) is 11.6 Å². The van der Waals surface area contributed by atoms with Gasteiger partial charge in [0, 0.05) is 30.6 Å². The Labute approximate surface area is 130 Å². The molecule has 2 aromatic rings. The number of carbonyl (C=O) groups excluding carboxylic acids is 1. The largest absolute Gasteiger partial charge is 0.440 e. The van der Waals surface area contributed by atoms with Gasteiger partial charge < -0.3 is 9.64 Å². The predicted molar refractivity (Wildman–Crippen MR) is 82.1 cm³/mol. The van der Waals surface area contributed by atoms with Crippen LogP contribution < -0.4 is 16.0 Å². The van der Waals surface area contributed by atoms with Gasteiger partial charge in [0.25, 0.3) is 11.5 Å². The van der Waals surface area contributed by atoms with Crippen molar-refractivity contribution in [1.29, 1.82) is 0 Å². The molecule has 1 saturated heterocycles. The Morgan fingerprint density at radius 1 is 1.13 bits per heavy atom. The summed E-state index contributed by atoms with van der Waals surface area (Å²) in [4.78, 5) is 42.2. The minimum absolute atomic E-state index is 0.00600. The van der Waals surface area contributed by atoms with Crippen LogP contribution in [0.4, 0.5) is 0 Å². The van der Waals surface area contributed by atoms with Crippen LogP contribution in [0.1, 0.15) is 34.3 Å². The molecule has 118 valence electrons. The van der Waals surface area contributed by atoms with Crippen LogP contribution in [0.25, 0.3) is 0 Å². The second-order valence-corrected chi connectivity index (χ2v) is 5.82. The van der Waals surface area contributed by atoms with E-state index in [1.807, 2.05) is 4.90 Å². The van der Waals surface area contributed by atoms with Crippen LogP contribution in [0, 0.1) is 0 Å². The fraction of sp³-hybridized carbons (Fsp3) is 0.312.